The molecule has 1 aromatic heterocycles. The number of carbonyl (C=O) groups excluding carboxylic acids is 2. The first-order valence-corrected chi connectivity index (χ1v) is 8.72. The van der Waals surface area contributed by atoms with Crippen molar-refractivity contribution in [2.75, 3.05) is 24.5 Å². The SMILES string of the molecule is CC1=CC(C)=C(CNC(=O)c2ncnc(N3CCCC3)c2C)C(=O)C1. The minimum Gasteiger partial charge on any atom is -0.356 e. The van der Waals surface area contributed by atoms with Gasteiger partial charge in [0.1, 0.15) is 17.8 Å². The van der Waals surface area contributed by atoms with Gasteiger partial charge in [0.2, 0.25) is 0 Å². The van der Waals surface area contributed by atoms with Crippen molar-refractivity contribution in [3.8, 4) is 0 Å². The Kier molecular flexibility index (Phi) is 4.97. The Hall–Kier alpha value is -2.50. The summed E-state index contributed by atoms with van der Waals surface area (Å²) in [5, 5.41) is 2.85. The standard InChI is InChI=1S/C19H24N4O2/c1-12-8-13(2)15(16(24)9-12)10-20-19(25)17-14(3)18(22-11-21-17)23-6-4-5-7-23/h8,11H,4-7,9-10H2,1-3H3,(H,20,25). The van der Waals surface area contributed by atoms with Crippen LogP contribution in [0.25, 0.3) is 0 Å². The summed E-state index contributed by atoms with van der Waals surface area (Å²) in [5.74, 6) is 0.648. The van der Waals surface area contributed by atoms with E-state index in [1.807, 2.05) is 26.8 Å². The minimum atomic E-state index is -0.264. The molecular weight excluding hydrogens is 316 g/mol. The fraction of sp³-hybridized carbons (Fsp3) is 0.474. The molecule has 1 saturated heterocycles. The van der Waals surface area contributed by atoms with Gasteiger partial charge in [0.25, 0.3) is 5.91 Å². The lowest BCUT2D eigenvalue weighted by atomic mass is 9.92. The van der Waals surface area contributed by atoms with Gasteiger partial charge in [-0.1, -0.05) is 11.6 Å². The van der Waals surface area contributed by atoms with E-state index < -0.39 is 0 Å². The molecule has 1 N–H and O–H groups in total. The lowest BCUT2D eigenvalue weighted by molar-refractivity contribution is -0.115. The zero-order chi connectivity index (χ0) is 18.0. The van der Waals surface area contributed by atoms with Gasteiger partial charge in [-0.3, -0.25) is 9.59 Å². The molecule has 3 rings (SSSR count). The molecule has 1 aliphatic carbocycles. The number of anilines is 1. The van der Waals surface area contributed by atoms with Crippen LogP contribution in [0, 0.1) is 6.92 Å². The topological polar surface area (TPSA) is 75.2 Å². The summed E-state index contributed by atoms with van der Waals surface area (Å²) in [6, 6.07) is 0. The number of rotatable bonds is 4. The molecule has 0 radical (unpaired) electrons. The predicted octanol–water partition coefficient (Wildman–Crippen LogP) is 2.35. The molecule has 0 saturated carbocycles. The Morgan fingerprint density at radius 1 is 1.20 bits per heavy atom. The van der Waals surface area contributed by atoms with Crippen LogP contribution in [-0.2, 0) is 4.79 Å². The summed E-state index contributed by atoms with van der Waals surface area (Å²) in [6.07, 6.45) is 6.16. The van der Waals surface area contributed by atoms with Gasteiger partial charge in [0.15, 0.2) is 5.78 Å². The Morgan fingerprint density at radius 3 is 2.60 bits per heavy atom. The summed E-state index contributed by atoms with van der Waals surface area (Å²) in [7, 11) is 0. The molecule has 0 atom stereocenters. The number of nitrogens with zero attached hydrogens (tertiary/aromatic N) is 3. The van der Waals surface area contributed by atoms with E-state index in [0.717, 1.165) is 48.5 Å². The number of amides is 1. The van der Waals surface area contributed by atoms with Crippen LogP contribution in [-0.4, -0.2) is 41.3 Å². The molecule has 6 heteroatoms. The van der Waals surface area contributed by atoms with Gasteiger partial charge in [-0.05, 0) is 39.2 Å². The highest BCUT2D eigenvalue weighted by Crippen LogP contribution is 2.23. The first kappa shape index (κ1) is 17.3. The number of hydrogen-bond donors (Lipinski definition) is 1. The Bertz CT molecular complexity index is 774. The van der Waals surface area contributed by atoms with Crippen molar-refractivity contribution >= 4 is 17.5 Å². The van der Waals surface area contributed by atoms with Crippen LogP contribution in [0.4, 0.5) is 5.82 Å². The van der Waals surface area contributed by atoms with E-state index >= 15 is 0 Å². The first-order chi connectivity index (χ1) is 12.0. The molecule has 0 unspecified atom stereocenters. The lowest BCUT2D eigenvalue weighted by Gasteiger charge is -2.20. The van der Waals surface area contributed by atoms with Crippen molar-refractivity contribution in [3.05, 3.63) is 40.4 Å². The molecule has 1 fully saturated rings. The zero-order valence-electron chi connectivity index (χ0n) is 15.1. The summed E-state index contributed by atoms with van der Waals surface area (Å²) in [5.41, 5.74) is 3.82. The van der Waals surface area contributed by atoms with E-state index in [1.165, 1.54) is 6.33 Å². The summed E-state index contributed by atoms with van der Waals surface area (Å²) in [6.45, 7) is 7.89. The number of aromatic nitrogens is 2. The zero-order valence-corrected chi connectivity index (χ0v) is 15.1. The third kappa shape index (κ3) is 3.62. The molecule has 1 amide bonds. The van der Waals surface area contributed by atoms with E-state index in [2.05, 4.69) is 20.2 Å². The fourth-order valence-electron chi connectivity index (χ4n) is 3.50. The van der Waals surface area contributed by atoms with Crippen LogP contribution in [0.3, 0.4) is 0 Å². The monoisotopic (exact) mass is 340 g/mol. The van der Waals surface area contributed by atoms with Gasteiger partial charge in [0.05, 0.1) is 0 Å². The molecule has 6 nitrogen and oxygen atoms in total. The highest BCUT2D eigenvalue weighted by Gasteiger charge is 2.22. The Balaban J connectivity index is 1.75. The van der Waals surface area contributed by atoms with Gasteiger partial charge >= 0.3 is 0 Å². The number of allylic oxidation sites excluding steroid dienone is 3. The van der Waals surface area contributed by atoms with Crippen LogP contribution in [0.2, 0.25) is 0 Å². The maximum absolute atomic E-state index is 12.6. The number of ketones is 1. The predicted molar refractivity (Wildman–Crippen MR) is 96.6 cm³/mol. The van der Waals surface area contributed by atoms with Crippen molar-refractivity contribution < 1.29 is 9.59 Å². The largest absolute Gasteiger partial charge is 0.356 e. The number of carbonyl (C=O) groups is 2. The van der Waals surface area contributed by atoms with E-state index in [0.29, 0.717) is 17.7 Å². The molecule has 0 bridgehead atoms. The van der Waals surface area contributed by atoms with Crippen LogP contribution in [0.5, 0.6) is 0 Å². The van der Waals surface area contributed by atoms with E-state index in [-0.39, 0.29) is 18.2 Å². The summed E-state index contributed by atoms with van der Waals surface area (Å²) < 4.78 is 0. The van der Waals surface area contributed by atoms with Gasteiger partial charge in [-0.25, -0.2) is 9.97 Å². The molecule has 132 valence electrons. The lowest BCUT2D eigenvalue weighted by Crippen LogP contribution is -2.31. The molecular formula is C19H24N4O2. The number of nitrogens with one attached hydrogen (secondary N) is 1. The smallest absolute Gasteiger partial charge is 0.270 e. The van der Waals surface area contributed by atoms with Crippen LogP contribution in [0.15, 0.2) is 29.1 Å². The minimum absolute atomic E-state index is 0.0787. The fourth-order valence-corrected chi connectivity index (χ4v) is 3.50. The molecule has 2 aliphatic rings. The molecule has 1 aromatic rings. The molecule has 2 heterocycles. The third-order valence-corrected chi connectivity index (χ3v) is 4.82. The van der Waals surface area contributed by atoms with E-state index in [4.69, 9.17) is 0 Å². The quantitative estimate of drug-likeness (QED) is 0.910. The van der Waals surface area contributed by atoms with Gasteiger partial charge in [0, 0.05) is 37.2 Å². The second kappa shape index (κ2) is 7.17. The Labute approximate surface area is 148 Å². The van der Waals surface area contributed by atoms with Crippen molar-refractivity contribution in [3.63, 3.8) is 0 Å². The average molecular weight is 340 g/mol. The highest BCUT2D eigenvalue weighted by molar-refractivity contribution is 6.01. The number of hydrogen-bond acceptors (Lipinski definition) is 5. The third-order valence-electron chi connectivity index (χ3n) is 4.82. The van der Waals surface area contributed by atoms with E-state index in [1.54, 1.807) is 0 Å². The normalized spacial score (nSPS) is 17.8. The highest BCUT2D eigenvalue weighted by atomic mass is 16.2. The number of Topliss-reactive ketones (excluding diaryl/α,β-unsaturated/α-hetero) is 1. The molecule has 1 aliphatic heterocycles. The summed E-state index contributed by atoms with van der Waals surface area (Å²) in [4.78, 5) is 35.5. The van der Waals surface area contributed by atoms with Crippen LogP contribution >= 0.6 is 0 Å². The van der Waals surface area contributed by atoms with Crippen molar-refractivity contribution in [2.45, 2.75) is 40.0 Å². The van der Waals surface area contributed by atoms with E-state index in [9.17, 15) is 9.59 Å². The molecule has 0 spiro atoms. The van der Waals surface area contributed by atoms with Gasteiger partial charge in [-0.2, -0.15) is 0 Å². The maximum Gasteiger partial charge on any atom is 0.270 e. The average Bonchev–Trinajstić information content (AvgIpc) is 3.08. The van der Waals surface area contributed by atoms with Crippen molar-refractivity contribution in [1.29, 1.82) is 0 Å². The maximum atomic E-state index is 12.6. The first-order valence-electron chi connectivity index (χ1n) is 8.72. The molecule has 0 aromatic carbocycles. The van der Waals surface area contributed by atoms with Crippen LogP contribution < -0.4 is 10.2 Å². The molecule has 25 heavy (non-hydrogen) atoms. The Morgan fingerprint density at radius 2 is 1.92 bits per heavy atom. The second-order valence-corrected chi connectivity index (χ2v) is 6.80. The summed E-state index contributed by atoms with van der Waals surface area (Å²) >= 11 is 0. The van der Waals surface area contributed by atoms with Crippen LogP contribution in [0.1, 0.15) is 49.2 Å². The van der Waals surface area contributed by atoms with Crippen molar-refractivity contribution in [2.24, 2.45) is 0 Å². The van der Waals surface area contributed by atoms with Crippen molar-refractivity contribution in [1.82, 2.24) is 15.3 Å². The van der Waals surface area contributed by atoms with Gasteiger partial charge < -0.3 is 10.2 Å². The van der Waals surface area contributed by atoms with Gasteiger partial charge in [-0.15, -0.1) is 0 Å². The second-order valence-electron chi connectivity index (χ2n) is 6.80.